The van der Waals surface area contributed by atoms with Crippen molar-refractivity contribution in [1.82, 2.24) is 25.1 Å². The molecule has 0 saturated heterocycles. The molecule has 0 radical (unpaired) electrons. The Labute approximate surface area is 206 Å². The lowest BCUT2D eigenvalue weighted by Crippen LogP contribution is -2.29. The lowest BCUT2D eigenvalue weighted by molar-refractivity contribution is 0.102. The van der Waals surface area contributed by atoms with Gasteiger partial charge in [0.05, 0.1) is 18.7 Å². The summed E-state index contributed by atoms with van der Waals surface area (Å²) in [4.78, 5) is 23.5. The molecule has 0 aliphatic heterocycles. The van der Waals surface area contributed by atoms with Gasteiger partial charge in [0.15, 0.2) is 11.4 Å². The minimum atomic E-state index is -0.523. The van der Waals surface area contributed by atoms with Gasteiger partial charge in [0.1, 0.15) is 5.01 Å². The molecule has 35 heavy (non-hydrogen) atoms. The van der Waals surface area contributed by atoms with Crippen molar-refractivity contribution in [3.05, 3.63) is 78.2 Å². The van der Waals surface area contributed by atoms with E-state index < -0.39 is 5.60 Å². The molecule has 2 atom stereocenters. The highest BCUT2D eigenvalue weighted by Crippen LogP contribution is 2.52. The third-order valence-corrected chi connectivity index (χ3v) is 6.80. The molecule has 9 nitrogen and oxygen atoms in total. The van der Waals surface area contributed by atoms with E-state index in [0.717, 1.165) is 17.5 Å². The smallest absolute Gasteiger partial charge is 0.259 e. The average Bonchev–Trinajstić information content (AvgIpc) is 3.45. The Kier molecular flexibility index (Phi) is 6.14. The second-order valence-electron chi connectivity index (χ2n) is 8.37. The Bertz CT molecular complexity index is 1330. The quantitative estimate of drug-likeness (QED) is 0.399. The predicted octanol–water partition coefficient (Wildman–Crippen LogP) is 3.86. The summed E-state index contributed by atoms with van der Waals surface area (Å²) < 4.78 is 12.0. The van der Waals surface area contributed by atoms with E-state index in [9.17, 15) is 4.79 Å². The largest absolute Gasteiger partial charge is 0.491 e. The molecule has 178 valence electrons. The number of hydrogen-bond donors (Lipinski definition) is 1. The van der Waals surface area contributed by atoms with Crippen LogP contribution in [0.1, 0.15) is 22.3 Å². The number of benzene rings is 1. The fraction of sp³-hybridized carbons (Fsp3) is 0.240. The summed E-state index contributed by atoms with van der Waals surface area (Å²) in [6.45, 7) is 0. The minimum Gasteiger partial charge on any atom is -0.491 e. The molecule has 1 amide bonds. The van der Waals surface area contributed by atoms with Crippen LogP contribution < -0.4 is 14.8 Å². The van der Waals surface area contributed by atoms with Crippen LogP contribution in [0.15, 0.2) is 67.1 Å². The van der Waals surface area contributed by atoms with Crippen LogP contribution in [0.4, 0.5) is 5.13 Å². The molecule has 4 aromatic rings. The summed E-state index contributed by atoms with van der Waals surface area (Å²) in [5.74, 6) is 0.357. The first-order chi connectivity index (χ1) is 17.0. The molecule has 1 aliphatic carbocycles. The number of nitrogens with one attached hydrogen (secondary N) is 1. The van der Waals surface area contributed by atoms with E-state index >= 15 is 0 Å². The van der Waals surface area contributed by atoms with E-state index in [4.69, 9.17) is 9.47 Å². The summed E-state index contributed by atoms with van der Waals surface area (Å²) in [6.07, 6.45) is 5.67. The molecule has 1 aromatic carbocycles. The minimum absolute atomic E-state index is 0.200. The molecule has 1 N–H and O–H groups in total. The second kappa shape index (κ2) is 9.40. The predicted molar refractivity (Wildman–Crippen MR) is 133 cm³/mol. The van der Waals surface area contributed by atoms with Gasteiger partial charge >= 0.3 is 0 Å². The van der Waals surface area contributed by atoms with Crippen molar-refractivity contribution in [2.45, 2.75) is 18.1 Å². The summed E-state index contributed by atoms with van der Waals surface area (Å²) in [6, 6.07) is 15.6. The summed E-state index contributed by atoms with van der Waals surface area (Å²) >= 11 is 1.28. The highest BCUT2D eigenvalue weighted by molar-refractivity contribution is 7.18. The first-order valence-electron chi connectivity index (χ1n) is 11.0. The van der Waals surface area contributed by atoms with E-state index in [-0.39, 0.29) is 11.9 Å². The normalized spacial score (nSPS) is 18.8. The first kappa shape index (κ1) is 22.9. The maximum Gasteiger partial charge on any atom is 0.259 e. The van der Waals surface area contributed by atoms with Crippen LogP contribution in [0, 0.1) is 0 Å². The number of anilines is 1. The molecule has 0 spiro atoms. The first-order valence-corrected chi connectivity index (χ1v) is 11.8. The number of rotatable bonds is 8. The summed E-state index contributed by atoms with van der Waals surface area (Å²) in [7, 11) is 5.59. The van der Waals surface area contributed by atoms with Crippen molar-refractivity contribution >= 4 is 22.4 Å². The fourth-order valence-electron chi connectivity index (χ4n) is 4.03. The van der Waals surface area contributed by atoms with Gasteiger partial charge in [-0.25, -0.2) is 4.98 Å². The van der Waals surface area contributed by atoms with Crippen molar-refractivity contribution in [2.24, 2.45) is 0 Å². The molecule has 1 fully saturated rings. The number of nitrogens with zero attached hydrogens (tertiary/aromatic N) is 5. The van der Waals surface area contributed by atoms with E-state index in [0.29, 0.717) is 27.3 Å². The van der Waals surface area contributed by atoms with Gasteiger partial charge in [0.25, 0.3) is 11.8 Å². The third kappa shape index (κ3) is 4.58. The Morgan fingerprint density at radius 3 is 2.60 bits per heavy atom. The van der Waals surface area contributed by atoms with Crippen LogP contribution in [-0.4, -0.2) is 58.2 Å². The molecule has 10 heteroatoms. The van der Waals surface area contributed by atoms with E-state index in [1.165, 1.54) is 24.6 Å². The Morgan fingerprint density at radius 2 is 1.91 bits per heavy atom. The van der Waals surface area contributed by atoms with Gasteiger partial charge in [-0.3, -0.25) is 15.1 Å². The molecule has 1 unspecified atom stereocenters. The third-order valence-electron chi connectivity index (χ3n) is 5.91. The van der Waals surface area contributed by atoms with Gasteiger partial charge in [-0.2, -0.15) is 0 Å². The lowest BCUT2D eigenvalue weighted by atomic mass is 10.1. The number of likely N-dealkylation sites (N-methyl/N-ethyl adjacent to an activating group) is 1. The van der Waals surface area contributed by atoms with Crippen molar-refractivity contribution in [2.75, 3.05) is 26.5 Å². The number of amides is 1. The molecule has 1 aliphatic rings. The molecular formula is C25H24N6O3S. The van der Waals surface area contributed by atoms with Crippen LogP contribution in [0.5, 0.6) is 11.6 Å². The number of methoxy groups -OCH3 is 1. The van der Waals surface area contributed by atoms with Gasteiger partial charge in [-0.15, -0.1) is 10.2 Å². The van der Waals surface area contributed by atoms with Crippen LogP contribution in [-0.2, 0) is 5.60 Å². The molecule has 1 saturated carbocycles. The Balaban J connectivity index is 1.35. The zero-order valence-electron chi connectivity index (χ0n) is 19.5. The summed E-state index contributed by atoms with van der Waals surface area (Å²) in [5.41, 5.74) is 1.76. The lowest BCUT2D eigenvalue weighted by Gasteiger charge is -2.23. The standard InChI is InChI=1S/C25H24N6O3S/c1-31(2)20-14-25(20,18-7-5-4-6-8-18)34-22-19(33-3)13-17(15-27-22)21(32)28-24-30-29-23(35-24)16-9-11-26-12-10-16/h4-13,15,20H,14H2,1-3H3,(H,28,30,32)/t20-,25?/m0/s1. The van der Waals surface area contributed by atoms with Crippen molar-refractivity contribution in [3.63, 3.8) is 0 Å². The monoisotopic (exact) mass is 488 g/mol. The molecule has 3 aromatic heterocycles. The number of carbonyl (C=O) groups is 1. The van der Waals surface area contributed by atoms with Crippen LogP contribution in [0.3, 0.4) is 0 Å². The van der Waals surface area contributed by atoms with Gasteiger partial charge in [0, 0.05) is 36.6 Å². The molecule has 5 rings (SSSR count). The van der Waals surface area contributed by atoms with Crippen LogP contribution >= 0.6 is 11.3 Å². The van der Waals surface area contributed by atoms with Crippen LogP contribution in [0.2, 0.25) is 0 Å². The van der Waals surface area contributed by atoms with Gasteiger partial charge in [-0.1, -0.05) is 41.7 Å². The number of ether oxygens (including phenoxy) is 2. The van der Waals surface area contributed by atoms with Crippen LogP contribution in [0.25, 0.3) is 10.6 Å². The maximum absolute atomic E-state index is 12.9. The zero-order chi connectivity index (χ0) is 24.4. The number of pyridine rings is 2. The number of hydrogen-bond acceptors (Lipinski definition) is 9. The van der Waals surface area contributed by atoms with E-state index in [1.807, 2.05) is 44.4 Å². The highest BCUT2D eigenvalue weighted by Gasteiger charge is 2.60. The van der Waals surface area contributed by atoms with Gasteiger partial charge in [0.2, 0.25) is 5.13 Å². The van der Waals surface area contributed by atoms with E-state index in [2.05, 4.69) is 42.5 Å². The molecule has 3 heterocycles. The average molecular weight is 489 g/mol. The Morgan fingerprint density at radius 1 is 1.14 bits per heavy atom. The van der Waals surface area contributed by atoms with Gasteiger partial charge < -0.3 is 14.4 Å². The van der Waals surface area contributed by atoms with Crippen molar-refractivity contribution in [1.29, 1.82) is 0 Å². The second-order valence-corrected chi connectivity index (χ2v) is 9.35. The van der Waals surface area contributed by atoms with Crippen molar-refractivity contribution in [3.8, 4) is 22.2 Å². The number of aromatic nitrogens is 4. The molecular weight excluding hydrogens is 464 g/mol. The van der Waals surface area contributed by atoms with Gasteiger partial charge in [-0.05, 0) is 31.8 Å². The van der Waals surface area contributed by atoms with E-state index in [1.54, 1.807) is 18.5 Å². The highest BCUT2D eigenvalue weighted by atomic mass is 32.1. The summed E-state index contributed by atoms with van der Waals surface area (Å²) in [5, 5.41) is 12.1. The van der Waals surface area contributed by atoms with Crippen molar-refractivity contribution < 1.29 is 14.3 Å². The fourth-order valence-corrected chi connectivity index (χ4v) is 4.78. The maximum atomic E-state index is 12.9. The SMILES string of the molecule is COc1cc(C(=O)Nc2nnc(-c3ccncc3)s2)cnc1OC1(c2ccccc2)C[C@@H]1N(C)C. The zero-order valence-corrected chi connectivity index (χ0v) is 20.3. The number of carbonyl (C=O) groups excluding carboxylic acids is 1. The molecule has 0 bridgehead atoms. The topological polar surface area (TPSA) is 102 Å². The Hall–Kier alpha value is -3.89.